The first-order chi connectivity index (χ1) is 13.3. The fraction of sp³-hybridized carbons (Fsp3) is 0.571. The Labute approximate surface area is 190 Å². The van der Waals surface area contributed by atoms with Gasteiger partial charge < -0.3 is 14.3 Å². The van der Waals surface area contributed by atoms with Crippen LogP contribution in [0.3, 0.4) is 0 Å². The van der Waals surface area contributed by atoms with Crippen molar-refractivity contribution in [3.8, 4) is 11.5 Å². The number of hydrogen-bond donors (Lipinski definition) is 0. The molecule has 0 aliphatic heterocycles. The van der Waals surface area contributed by atoms with E-state index in [1.54, 1.807) is 0 Å². The maximum Gasteiger partial charge on any atom is 0.141 e. The van der Waals surface area contributed by atoms with Gasteiger partial charge in [0.25, 0.3) is 0 Å². The van der Waals surface area contributed by atoms with Gasteiger partial charge in [-0.05, 0) is 89.5 Å². The van der Waals surface area contributed by atoms with Crippen molar-refractivity contribution in [1.29, 1.82) is 0 Å². The van der Waals surface area contributed by atoms with E-state index in [4.69, 9.17) is 25.9 Å². The van der Waals surface area contributed by atoms with E-state index >= 15 is 0 Å². The molecule has 0 saturated carbocycles. The van der Waals surface area contributed by atoms with E-state index in [0.717, 1.165) is 51.8 Å². The van der Waals surface area contributed by atoms with E-state index in [-0.39, 0.29) is 5.92 Å². The third-order valence-corrected chi connectivity index (χ3v) is 4.71. The molecule has 0 bridgehead atoms. The summed E-state index contributed by atoms with van der Waals surface area (Å²) >= 11 is 13.1. The van der Waals surface area contributed by atoms with Crippen molar-refractivity contribution in [3.63, 3.8) is 0 Å². The van der Waals surface area contributed by atoms with Gasteiger partial charge >= 0.3 is 0 Å². The fourth-order valence-corrected chi connectivity index (χ4v) is 2.96. The second-order valence-corrected chi connectivity index (χ2v) is 10.1. The molecule has 0 unspecified atom stereocenters. The molecule has 158 valence electrons. The fourth-order valence-electron chi connectivity index (χ4n) is 2.43. The monoisotopic (exact) mass is 537 g/mol. The third-order valence-electron chi connectivity index (χ3n) is 3.78. The largest absolute Gasteiger partial charge is 0.492 e. The van der Waals surface area contributed by atoms with Crippen LogP contribution in [-0.4, -0.2) is 25.5 Å². The molecular formula is C21H30Br2ClNO3. The summed E-state index contributed by atoms with van der Waals surface area (Å²) in [6.45, 7) is 9.85. The quantitative estimate of drug-likeness (QED) is 0.146. The van der Waals surface area contributed by atoms with Crippen LogP contribution in [0.25, 0.3) is 0 Å². The molecule has 1 aromatic carbocycles. The van der Waals surface area contributed by atoms with Gasteiger partial charge in [0.05, 0.1) is 20.7 Å². The van der Waals surface area contributed by atoms with Gasteiger partial charge in [-0.2, -0.15) is 0 Å². The lowest BCUT2D eigenvalue weighted by molar-refractivity contribution is 0.139. The first-order valence-electron chi connectivity index (χ1n) is 9.54. The zero-order chi connectivity index (χ0) is 20.9. The van der Waals surface area contributed by atoms with Gasteiger partial charge in [0.15, 0.2) is 0 Å². The van der Waals surface area contributed by atoms with Gasteiger partial charge in [-0.25, -0.2) is 0 Å². The molecule has 4 nitrogen and oxygen atoms in total. The second-order valence-electron chi connectivity index (χ2n) is 6.92. The summed E-state index contributed by atoms with van der Waals surface area (Å²) in [6, 6.07) is 3.82. The van der Waals surface area contributed by atoms with Gasteiger partial charge in [0.1, 0.15) is 24.7 Å². The smallest absolute Gasteiger partial charge is 0.141 e. The standard InChI is InChI=1S/C21H30Br2ClNO3/c1-15(2)18-13-17(26-12-9-20(22)23)14-19(24)21(18)27-10-7-5-6-8-11-28-25-16(3)4/h9,13-15H,5-8,10-12H2,1-4H3. The van der Waals surface area contributed by atoms with E-state index in [0.29, 0.717) is 24.8 Å². The highest BCUT2D eigenvalue weighted by Crippen LogP contribution is 2.37. The molecule has 0 aromatic heterocycles. The molecule has 0 aliphatic carbocycles. The Hall–Kier alpha value is -0.720. The van der Waals surface area contributed by atoms with Crippen LogP contribution in [0, 0.1) is 0 Å². The van der Waals surface area contributed by atoms with Gasteiger partial charge in [0, 0.05) is 11.6 Å². The highest BCUT2D eigenvalue weighted by atomic mass is 79.9. The maximum absolute atomic E-state index is 6.48. The van der Waals surface area contributed by atoms with Crippen LogP contribution in [0.2, 0.25) is 5.02 Å². The van der Waals surface area contributed by atoms with Crippen LogP contribution in [0.5, 0.6) is 11.5 Å². The van der Waals surface area contributed by atoms with Crippen LogP contribution in [-0.2, 0) is 4.84 Å². The minimum absolute atomic E-state index is 0.286. The highest BCUT2D eigenvalue weighted by molar-refractivity contribution is 9.28. The number of hydrogen-bond acceptors (Lipinski definition) is 4. The van der Waals surface area contributed by atoms with Crippen LogP contribution >= 0.6 is 43.5 Å². The van der Waals surface area contributed by atoms with E-state index < -0.39 is 0 Å². The lowest BCUT2D eigenvalue weighted by Gasteiger charge is -2.17. The minimum Gasteiger partial charge on any atom is -0.492 e. The molecule has 0 amide bonds. The molecule has 1 aromatic rings. The number of halogens is 3. The summed E-state index contributed by atoms with van der Waals surface area (Å²) in [5.41, 5.74) is 2.00. The molecule has 7 heteroatoms. The Bertz CT molecular complexity index is 655. The van der Waals surface area contributed by atoms with E-state index in [2.05, 4.69) is 50.9 Å². The van der Waals surface area contributed by atoms with Crippen molar-refractivity contribution >= 4 is 49.2 Å². The molecule has 0 saturated heterocycles. The first kappa shape index (κ1) is 25.3. The Morgan fingerprint density at radius 3 is 2.36 bits per heavy atom. The Kier molecular flexibility index (Phi) is 12.9. The highest BCUT2D eigenvalue weighted by Gasteiger charge is 2.15. The number of oxime groups is 1. The number of benzene rings is 1. The first-order valence-corrected chi connectivity index (χ1v) is 11.5. The minimum atomic E-state index is 0.286. The SMILES string of the molecule is CC(C)=NOCCCCCCOc1c(Cl)cc(OCC=C(Br)Br)cc1C(C)C. The van der Waals surface area contributed by atoms with Crippen molar-refractivity contribution in [2.24, 2.45) is 5.16 Å². The molecule has 0 spiro atoms. The average molecular weight is 540 g/mol. The predicted octanol–water partition coefficient (Wildman–Crippen LogP) is 7.83. The van der Waals surface area contributed by atoms with Crippen LogP contribution in [0.15, 0.2) is 26.8 Å². The van der Waals surface area contributed by atoms with Crippen LogP contribution in [0.4, 0.5) is 0 Å². The average Bonchev–Trinajstić information content (AvgIpc) is 2.60. The van der Waals surface area contributed by atoms with Crippen LogP contribution < -0.4 is 9.47 Å². The molecule has 0 aliphatic rings. The van der Waals surface area contributed by atoms with Crippen molar-refractivity contribution in [2.45, 2.75) is 59.3 Å². The van der Waals surface area contributed by atoms with Crippen molar-refractivity contribution in [3.05, 3.63) is 32.2 Å². The van der Waals surface area contributed by atoms with Crippen molar-refractivity contribution in [1.82, 2.24) is 0 Å². The van der Waals surface area contributed by atoms with Crippen molar-refractivity contribution < 1.29 is 14.3 Å². The lowest BCUT2D eigenvalue weighted by atomic mass is 10.0. The summed E-state index contributed by atoms with van der Waals surface area (Å²) in [6.07, 6.45) is 6.04. The normalized spacial score (nSPS) is 10.6. The molecule has 28 heavy (non-hydrogen) atoms. The maximum atomic E-state index is 6.48. The third kappa shape index (κ3) is 10.7. The number of unbranched alkanes of at least 4 members (excludes halogenated alkanes) is 3. The summed E-state index contributed by atoms with van der Waals surface area (Å²) in [5.74, 6) is 1.79. The number of rotatable bonds is 13. The molecule has 0 fully saturated rings. The summed E-state index contributed by atoms with van der Waals surface area (Å²) in [7, 11) is 0. The Morgan fingerprint density at radius 2 is 1.75 bits per heavy atom. The van der Waals surface area contributed by atoms with Gasteiger partial charge in [-0.3, -0.25) is 0 Å². The number of ether oxygens (including phenoxy) is 2. The van der Waals surface area contributed by atoms with Crippen molar-refractivity contribution in [2.75, 3.05) is 19.8 Å². The summed E-state index contributed by atoms with van der Waals surface area (Å²) in [4.78, 5) is 5.20. The van der Waals surface area contributed by atoms with Gasteiger partial charge in [-0.1, -0.05) is 30.6 Å². The zero-order valence-electron chi connectivity index (χ0n) is 17.1. The topological polar surface area (TPSA) is 40.0 Å². The van der Waals surface area contributed by atoms with E-state index in [1.807, 2.05) is 32.1 Å². The van der Waals surface area contributed by atoms with E-state index in [9.17, 15) is 0 Å². The molecule has 0 heterocycles. The number of nitrogens with zero attached hydrogens (tertiary/aromatic N) is 1. The van der Waals surface area contributed by atoms with Crippen LogP contribution in [0.1, 0.15) is 64.9 Å². The molecule has 1 rings (SSSR count). The zero-order valence-corrected chi connectivity index (χ0v) is 21.0. The predicted molar refractivity (Wildman–Crippen MR) is 126 cm³/mol. The second kappa shape index (κ2) is 14.3. The molecule has 0 radical (unpaired) electrons. The summed E-state index contributed by atoms with van der Waals surface area (Å²) in [5, 5.41) is 4.51. The lowest BCUT2D eigenvalue weighted by Crippen LogP contribution is -2.04. The molecular weight excluding hydrogens is 509 g/mol. The molecule has 0 atom stereocenters. The van der Waals surface area contributed by atoms with Gasteiger partial charge in [-0.15, -0.1) is 0 Å². The summed E-state index contributed by atoms with van der Waals surface area (Å²) < 4.78 is 12.6. The molecule has 0 N–H and O–H groups in total. The Morgan fingerprint density at radius 1 is 1.07 bits per heavy atom. The van der Waals surface area contributed by atoms with E-state index in [1.165, 1.54) is 0 Å². The Balaban J connectivity index is 2.49. The van der Waals surface area contributed by atoms with Gasteiger partial charge in [0.2, 0.25) is 0 Å².